The Balaban J connectivity index is 1.66. The Morgan fingerprint density at radius 1 is 1.50 bits per heavy atom. The molecule has 0 aromatic carbocycles. The van der Waals surface area contributed by atoms with Gasteiger partial charge in [0.2, 0.25) is 0 Å². The summed E-state index contributed by atoms with van der Waals surface area (Å²) in [6.07, 6.45) is 3.58. The monoisotopic (exact) mass is 282 g/mol. The topological polar surface area (TPSA) is 105 Å². The molecule has 8 heteroatoms. The predicted molar refractivity (Wildman–Crippen MR) is 69.0 cm³/mol. The molecule has 1 saturated heterocycles. The first-order chi connectivity index (χ1) is 9.56. The van der Waals surface area contributed by atoms with Gasteiger partial charge in [-0.3, -0.25) is 0 Å². The first-order valence-electron chi connectivity index (χ1n) is 6.42. The number of aryl methyl sites for hydroxylation is 1. The molecule has 3 N–H and O–H groups in total. The van der Waals surface area contributed by atoms with Crippen molar-refractivity contribution < 1.29 is 19.4 Å². The summed E-state index contributed by atoms with van der Waals surface area (Å²) in [5.41, 5.74) is 0. The third-order valence-electron chi connectivity index (χ3n) is 3.20. The van der Waals surface area contributed by atoms with Gasteiger partial charge in [-0.2, -0.15) is 0 Å². The van der Waals surface area contributed by atoms with E-state index in [9.17, 15) is 9.59 Å². The quantitative estimate of drug-likeness (QED) is 0.696. The molecule has 8 nitrogen and oxygen atoms in total. The van der Waals surface area contributed by atoms with Crippen LogP contribution in [0.4, 0.5) is 4.79 Å². The van der Waals surface area contributed by atoms with Crippen molar-refractivity contribution in [3.8, 4) is 0 Å². The average Bonchev–Trinajstić information content (AvgIpc) is 3.03. The Morgan fingerprint density at radius 3 is 2.90 bits per heavy atom. The Kier molecular flexibility index (Phi) is 4.57. The molecule has 110 valence electrons. The lowest BCUT2D eigenvalue weighted by Gasteiger charge is -2.13. The molecule has 0 radical (unpaired) electrons. The van der Waals surface area contributed by atoms with Crippen molar-refractivity contribution >= 4 is 12.0 Å². The van der Waals surface area contributed by atoms with Gasteiger partial charge in [0.05, 0.1) is 12.6 Å². The molecule has 20 heavy (non-hydrogen) atoms. The molecule has 1 aliphatic heterocycles. The first-order valence-corrected chi connectivity index (χ1v) is 6.42. The number of imidazole rings is 1. The maximum Gasteiger partial charge on any atom is 0.332 e. The minimum atomic E-state index is -0.952. The van der Waals surface area contributed by atoms with Gasteiger partial charge in [0.1, 0.15) is 5.82 Å². The van der Waals surface area contributed by atoms with Crippen molar-refractivity contribution in [3.05, 3.63) is 18.2 Å². The molecule has 1 fully saturated rings. The SMILES string of the molecule is Cn1ccnc1CNC(=O)NCC1CCC(C(=O)O)O1. The summed E-state index contributed by atoms with van der Waals surface area (Å²) in [5.74, 6) is -0.199. The Labute approximate surface area is 116 Å². The fourth-order valence-corrected chi connectivity index (χ4v) is 2.03. The van der Waals surface area contributed by atoms with E-state index in [1.165, 1.54) is 0 Å². The van der Waals surface area contributed by atoms with Crippen molar-refractivity contribution in [2.45, 2.75) is 31.6 Å². The molecule has 0 aliphatic carbocycles. The smallest absolute Gasteiger partial charge is 0.332 e. The van der Waals surface area contributed by atoms with Gasteiger partial charge in [0, 0.05) is 26.0 Å². The highest BCUT2D eigenvalue weighted by molar-refractivity contribution is 5.74. The number of hydrogen-bond acceptors (Lipinski definition) is 4. The van der Waals surface area contributed by atoms with Gasteiger partial charge in [-0.1, -0.05) is 0 Å². The van der Waals surface area contributed by atoms with Gasteiger partial charge < -0.3 is 25.0 Å². The molecule has 0 saturated carbocycles. The first kappa shape index (κ1) is 14.3. The molecule has 2 unspecified atom stereocenters. The van der Waals surface area contributed by atoms with E-state index in [4.69, 9.17) is 9.84 Å². The number of rotatable bonds is 5. The van der Waals surface area contributed by atoms with Crippen LogP contribution in [0, 0.1) is 0 Å². The van der Waals surface area contributed by atoms with Crippen LogP contribution in [0.3, 0.4) is 0 Å². The van der Waals surface area contributed by atoms with Crippen LogP contribution < -0.4 is 10.6 Å². The van der Waals surface area contributed by atoms with Gasteiger partial charge in [0.25, 0.3) is 0 Å². The molecular weight excluding hydrogens is 264 g/mol. The van der Waals surface area contributed by atoms with E-state index in [0.29, 0.717) is 25.9 Å². The summed E-state index contributed by atoms with van der Waals surface area (Å²) in [4.78, 5) is 26.4. The van der Waals surface area contributed by atoms with E-state index in [-0.39, 0.29) is 12.1 Å². The number of nitrogens with one attached hydrogen (secondary N) is 2. The van der Waals surface area contributed by atoms with Crippen LogP contribution in [0.25, 0.3) is 0 Å². The second-order valence-corrected chi connectivity index (χ2v) is 4.68. The third-order valence-corrected chi connectivity index (χ3v) is 3.20. The largest absolute Gasteiger partial charge is 0.479 e. The van der Waals surface area contributed by atoms with Gasteiger partial charge in [-0.25, -0.2) is 14.6 Å². The van der Waals surface area contributed by atoms with Crippen molar-refractivity contribution in [1.82, 2.24) is 20.2 Å². The van der Waals surface area contributed by atoms with Crippen LogP contribution in [-0.2, 0) is 23.1 Å². The number of aliphatic carboxylic acids is 1. The second kappa shape index (κ2) is 6.38. The van der Waals surface area contributed by atoms with Crippen LogP contribution >= 0.6 is 0 Å². The van der Waals surface area contributed by atoms with Gasteiger partial charge in [-0.05, 0) is 12.8 Å². The second-order valence-electron chi connectivity index (χ2n) is 4.68. The van der Waals surface area contributed by atoms with E-state index in [1.807, 2.05) is 11.6 Å². The molecule has 2 heterocycles. The highest BCUT2D eigenvalue weighted by atomic mass is 16.5. The molecule has 1 aromatic rings. The molecular formula is C12H18N4O4. The summed E-state index contributed by atoms with van der Waals surface area (Å²) in [6, 6.07) is -0.324. The number of nitrogens with zero attached hydrogens (tertiary/aromatic N) is 2. The Bertz CT molecular complexity index is 488. The van der Waals surface area contributed by atoms with E-state index in [1.54, 1.807) is 12.4 Å². The number of carboxylic acids is 1. The standard InChI is InChI=1S/C12H18N4O4/c1-16-5-4-13-10(16)7-15-12(19)14-6-8-2-3-9(20-8)11(17)18/h4-5,8-9H,2-3,6-7H2,1H3,(H,17,18)(H2,14,15,19). The number of carbonyl (C=O) groups is 2. The zero-order chi connectivity index (χ0) is 14.5. The summed E-state index contributed by atoms with van der Waals surface area (Å²) in [6.45, 7) is 0.634. The molecule has 1 aliphatic rings. The zero-order valence-corrected chi connectivity index (χ0v) is 11.2. The van der Waals surface area contributed by atoms with Gasteiger partial charge in [0.15, 0.2) is 6.10 Å². The van der Waals surface area contributed by atoms with Crippen LogP contribution in [0.5, 0.6) is 0 Å². The zero-order valence-electron chi connectivity index (χ0n) is 11.2. The molecule has 2 atom stereocenters. The van der Waals surface area contributed by atoms with E-state index in [0.717, 1.165) is 5.82 Å². The number of urea groups is 1. The molecule has 1 aromatic heterocycles. The van der Waals surface area contributed by atoms with Crippen LogP contribution in [0.1, 0.15) is 18.7 Å². The van der Waals surface area contributed by atoms with Gasteiger partial charge >= 0.3 is 12.0 Å². The lowest BCUT2D eigenvalue weighted by Crippen LogP contribution is -2.40. The fourth-order valence-electron chi connectivity index (χ4n) is 2.03. The lowest BCUT2D eigenvalue weighted by atomic mass is 10.2. The van der Waals surface area contributed by atoms with Crippen molar-refractivity contribution in [2.75, 3.05) is 6.54 Å². The average molecular weight is 282 g/mol. The molecule has 0 spiro atoms. The number of hydrogen-bond donors (Lipinski definition) is 3. The van der Waals surface area contributed by atoms with Gasteiger partial charge in [-0.15, -0.1) is 0 Å². The maximum absolute atomic E-state index is 11.6. The maximum atomic E-state index is 11.6. The summed E-state index contributed by atoms with van der Waals surface area (Å²) < 4.78 is 7.10. The van der Waals surface area contributed by atoms with E-state index in [2.05, 4.69) is 15.6 Å². The number of aromatic nitrogens is 2. The number of ether oxygens (including phenoxy) is 1. The molecule has 2 rings (SSSR count). The Hall–Kier alpha value is -2.09. The van der Waals surface area contributed by atoms with Crippen molar-refractivity contribution in [1.29, 1.82) is 0 Å². The van der Waals surface area contributed by atoms with Crippen LogP contribution in [-0.4, -0.2) is 45.4 Å². The van der Waals surface area contributed by atoms with Crippen LogP contribution in [0.2, 0.25) is 0 Å². The highest BCUT2D eigenvalue weighted by Gasteiger charge is 2.30. The lowest BCUT2D eigenvalue weighted by molar-refractivity contribution is -0.149. The van der Waals surface area contributed by atoms with Crippen LogP contribution in [0.15, 0.2) is 12.4 Å². The number of amides is 2. The van der Waals surface area contributed by atoms with Crippen molar-refractivity contribution in [2.24, 2.45) is 7.05 Å². The minimum absolute atomic E-state index is 0.241. The van der Waals surface area contributed by atoms with Crippen molar-refractivity contribution in [3.63, 3.8) is 0 Å². The summed E-state index contributed by atoms with van der Waals surface area (Å²) >= 11 is 0. The normalized spacial score (nSPS) is 21.6. The highest BCUT2D eigenvalue weighted by Crippen LogP contribution is 2.19. The summed E-state index contributed by atoms with van der Waals surface area (Å²) in [5, 5.41) is 14.1. The molecule has 2 amide bonds. The molecule has 0 bridgehead atoms. The summed E-state index contributed by atoms with van der Waals surface area (Å²) in [7, 11) is 1.85. The Morgan fingerprint density at radius 2 is 2.30 bits per heavy atom. The van der Waals surface area contributed by atoms with E-state index >= 15 is 0 Å². The number of carbonyl (C=O) groups excluding carboxylic acids is 1. The minimum Gasteiger partial charge on any atom is -0.479 e. The fraction of sp³-hybridized carbons (Fsp3) is 0.583. The predicted octanol–water partition coefficient (Wildman–Crippen LogP) is -0.148. The number of carboxylic acid groups (broad SMARTS) is 1. The third kappa shape index (κ3) is 3.70. The van der Waals surface area contributed by atoms with E-state index < -0.39 is 12.1 Å².